The van der Waals surface area contributed by atoms with E-state index in [1.807, 2.05) is 12.1 Å². The van der Waals surface area contributed by atoms with Crippen molar-refractivity contribution in [2.45, 2.75) is 0 Å². The molecular formula is C10H8N6. The van der Waals surface area contributed by atoms with Crippen molar-refractivity contribution >= 4 is 17.0 Å². The van der Waals surface area contributed by atoms with Crippen LogP contribution in [0.4, 0.5) is 5.82 Å². The standard InChI is InChI=1S/C10H8N6/c11-8-7-10(14-5-13-7)16-9(15-8)6-1-3-12-4-2-6/h1-5H,(H3,11,13,14,15,16). The number of imidazole rings is 1. The van der Waals surface area contributed by atoms with Crippen LogP contribution in [0.5, 0.6) is 0 Å². The number of aromatic nitrogens is 5. The third-order valence-electron chi connectivity index (χ3n) is 2.25. The van der Waals surface area contributed by atoms with Crippen molar-refractivity contribution in [2.24, 2.45) is 0 Å². The molecule has 3 rings (SSSR count). The smallest absolute Gasteiger partial charge is 0.183 e. The molecule has 3 N–H and O–H groups in total. The molecule has 0 amide bonds. The van der Waals surface area contributed by atoms with Crippen LogP contribution in [0.15, 0.2) is 30.9 Å². The highest BCUT2D eigenvalue weighted by Crippen LogP contribution is 2.19. The molecule has 6 heteroatoms. The third-order valence-corrected chi connectivity index (χ3v) is 2.25. The number of nitrogens with one attached hydrogen (secondary N) is 1. The lowest BCUT2D eigenvalue weighted by atomic mass is 10.2. The zero-order valence-electron chi connectivity index (χ0n) is 8.25. The van der Waals surface area contributed by atoms with Gasteiger partial charge in [0.2, 0.25) is 0 Å². The first-order chi connectivity index (χ1) is 7.84. The van der Waals surface area contributed by atoms with Crippen LogP contribution in [-0.4, -0.2) is 24.9 Å². The van der Waals surface area contributed by atoms with E-state index in [9.17, 15) is 0 Å². The lowest BCUT2D eigenvalue weighted by Gasteiger charge is -2.00. The summed E-state index contributed by atoms with van der Waals surface area (Å²) in [5, 5.41) is 0. The summed E-state index contributed by atoms with van der Waals surface area (Å²) in [4.78, 5) is 19.4. The van der Waals surface area contributed by atoms with Gasteiger partial charge in [-0.15, -0.1) is 0 Å². The predicted molar refractivity (Wildman–Crippen MR) is 59.3 cm³/mol. The first-order valence-corrected chi connectivity index (χ1v) is 4.71. The molecule has 0 spiro atoms. The molecule has 78 valence electrons. The van der Waals surface area contributed by atoms with E-state index in [-0.39, 0.29) is 0 Å². The summed E-state index contributed by atoms with van der Waals surface area (Å²) in [7, 11) is 0. The van der Waals surface area contributed by atoms with Crippen LogP contribution in [0.3, 0.4) is 0 Å². The number of hydrogen-bond donors (Lipinski definition) is 2. The molecule has 0 aliphatic heterocycles. The van der Waals surface area contributed by atoms with Crippen molar-refractivity contribution in [3.8, 4) is 11.4 Å². The Kier molecular flexibility index (Phi) is 1.79. The zero-order valence-corrected chi connectivity index (χ0v) is 8.25. The molecule has 16 heavy (non-hydrogen) atoms. The Morgan fingerprint density at radius 1 is 1.12 bits per heavy atom. The van der Waals surface area contributed by atoms with E-state index in [0.717, 1.165) is 5.56 Å². The highest BCUT2D eigenvalue weighted by Gasteiger charge is 2.08. The topological polar surface area (TPSA) is 93.4 Å². The molecule has 0 radical (unpaired) electrons. The fraction of sp³-hybridized carbons (Fsp3) is 0. The molecule has 0 atom stereocenters. The molecule has 0 bridgehead atoms. The Hall–Kier alpha value is -2.50. The SMILES string of the molecule is Nc1nc(-c2ccncc2)nc2nc[nH]c12. The monoisotopic (exact) mass is 212 g/mol. The van der Waals surface area contributed by atoms with E-state index in [1.165, 1.54) is 0 Å². The van der Waals surface area contributed by atoms with E-state index in [1.54, 1.807) is 18.7 Å². The van der Waals surface area contributed by atoms with E-state index in [4.69, 9.17) is 5.73 Å². The van der Waals surface area contributed by atoms with E-state index in [0.29, 0.717) is 22.8 Å². The van der Waals surface area contributed by atoms with Gasteiger partial charge in [0.25, 0.3) is 0 Å². The van der Waals surface area contributed by atoms with E-state index >= 15 is 0 Å². The van der Waals surface area contributed by atoms with Gasteiger partial charge in [-0.05, 0) is 12.1 Å². The van der Waals surface area contributed by atoms with Crippen LogP contribution in [0.1, 0.15) is 0 Å². The Morgan fingerprint density at radius 3 is 2.75 bits per heavy atom. The van der Waals surface area contributed by atoms with Crippen molar-refractivity contribution in [1.29, 1.82) is 0 Å². The average Bonchev–Trinajstić information content (AvgIpc) is 2.79. The number of nitrogens with two attached hydrogens (primary N) is 1. The molecule has 0 saturated carbocycles. The normalized spacial score (nSPS) is 10.8. The van der Waals surface area contributed by atoms with Gasteiger partial charge in [-0.2, -0.15) is 0 Å². The van der Waals surface area contributed by atoms with Crippen molar-refractivity contribution in [2.75, 3.05) is 5.73 Å². The summed E-state index contributed by atoms with van der Waals surface area (Å²) >= 11 is 0. The van der Waals surface area contributed by atoms with Gasteiger partial charge < -0.3 is 10.7 Å². The predicted octanol–water partition coefficient (Wildman–Crippen LogP) is 0.997. The van der Waals surface area contributed by atoms with Gasteiger partial charge in [0.05, 0.1) is 6.33 Å². The Balaban J connectivity index is 2.25. The first-order valence-electron chi connectivity index (χ1n) is 4.71. The van der Waals surface area contributed by atoms with Gasteiger partial charge in [-0.1, -0.05) is 0 Å². The Morgan fingerprint density at radius 2 is 1.94 bits per heavy atom. The fourth-order valence-electron chi connectivity index (χ4n) is 1.49. The highest BCUT2D eigenvalue weighted by molar-refractivity contribution is 5.83. The molecule has 0 saturated heterocycles. The maximum absolute atomic E-state index is 5.80. The minimum Gasteiger partial charge on any atom is -0.382 e. The quantitative estimate of drug-likeness (QED) is 0.627. The van der Waals surface area contributed by atoms with Crippen molar-refractivity contribution < 1.29 is 0 Å². The minimum absolute atomic E-state index is 0.398. The first kappa shape index (κ1) is 8.78. The largest absolute Gasteiger partial charge is 0.382 e. The number of nitrogen functional groups attached to an aromatic ring is 1. The van der Waals surface area contributed by atoms with Crippen LogP contribution < -0.4 is 5.73 Å². The molecule has 0 unspecified atom stereocenters. The summed E-state index contributed by atoms with van der Waals surface area (Å²) in [6.45, 7) is 0. The second kappa shape index (κ2) is 3.27. The molecule has 0 fully saturated rings. The number of hydrogen-bond acceptors (Lipinski definition) is 5. The van der Waals surface area contributed by atoms with E-state index < -0.39 is 0 Å². The second-order valence-electron chi connectivity index (χ2n) is 3.27. The number of fused-ring (bicyclic) bond motifs is 1. The lowest BCUT2D eigenvalue weighted by Crippen LogP contribution is -1.97. The maximum Gasteiger partial charge on any atom is 0.183 e. The molecule has 0 aromatic carbocycles. The number of anilines is 1. The van der Waals surface area contributed by atoms with E-state index in [2.05, 4.69) is 24.9 Å². The number of nitrogens with zero attached hydrogens (tertiary/aromatic N) is 4. The molecule has 6 nitrogen and oxygen atoms in total. The van der Waals surface area contributed by atoms with Crippen LogP contribution >= 0.6 is 0 Å². The molecule has 0 aliphatic rings. The van der Waals surface area contributed by atoms with Crippen LogP contribution in [-0.2, 0) is 0 Å². The summed E-state index contributed by atoms with van der Waals surface area (Å²) < 4.78 is 0. The molecule has 0 aliphatic carbocycles. The van der Waals surface area contributed by atoms with Gasteiger partial charge in [0.1, 0.15) is 5.52 Å². The number of aromatic amines is 1. The second-order valence-corrected chi connectivity index (χ2v) is 3.27. The number of H-pyrrole nitrogens is 1. The maximum atomic E-state index is 5.80. The van der Waals surface area contributed by atoms with Crippen LogP contribution in [0.25, 0.3) is 22.6 Å². The average molecular weight is 212 g/mol. The summed E-state index contributed by atoms with van der Waals surface area (Å²) in [5.74, 6) is 0.953. The minimum atomic E-state index is 0.398. The summed E-state index contributed by atoms with van der Waals surface area (Å²) in [6, 6.07) is 3.65. The molecule has 3 aromatic rings. The van der Waals surface area contributed by atoms with Gasteiger partial charge in [-0.3, -0.25) is 4.98 Å². The van der Waals surface area contributed by atoms with Crippen molar-refractivity contribution in [3.05, 3.63) is 30.9 Å². The third kappa shape index (κ3) is 1.28. The summed E-state index contributed by atoms with van der Waals surface area (Å²) in [6.07, 6.45) is 4.92. The van der Waals surface area contributed by atoms with Crippen molar-refractivity contribution in [3.63, 3.8) is 0 Å². The van der Waals surface area contributed by atoms with Gasteiger partial charge in [0, 0.05) is 18.0 Å². The van der Waals surface area contributed by atoms with Crippen LogP contribution in [0.2, 0.25) is 0 Å². The van der Waals surface area contributed by atoms with Gasteiger partial charge in [0.15, 0.2) is 17.3 Å². The fourth-order valence-corrected chi connectivity index (χ4v) is 1.49. The molecule has 3 heterocycles. The molecular weight excluding hydrogens is 204 g/mol. The Labute approximate surface area is 90.6 Å². The van der Waals surface area contributed by atoms with Crippen molar-refractivity contribution in [1.82, 2.24) is 24.9 Å². The lowest BCUT2D eigenvalue weighted by molar-refractivity contribution is 1.20. The Bertz CT molecular complexity index is 630. The number of rotatable bonds is 1. The zero-order chi connectivity index (χ0) is 11.0. The van der Waals surface area contributed by atoms with Gasteiger partial charge >= 0.3 is 0 Å². The van der Waals surface area contributed by atoms with Gasteiger partial charge in [-0.25, -0.2) is 15.0 Å². The molecule has 3 aromatic heterocycles. The summed E-state index contributed by atoms with van der Waals surface area (Å²) in [5.41, 5.74) is 7.90. The van der Waals surface area contributed by atoms with Crippen LogP contribution in [0, 0.1) is 0 Å². The highest BCUT2D eigenvalue weighted by atomic mass is 15.0. The number of pyridine rings is 1.